The second-order valence-corrected chi connectivity index (χ2v) is 4.55. The standard InChI is InChI=1S/C14H18F2O3/c1-2-4-9(17)7-8-11(14(18)19)10-5-3-6-12(15)13(10)16/h3,5-6,9,11,17H,2,4,7-8H2,1H3,(H,18,19). The molecule has 0 fully saturated rings. The second kappa shape index (κ2) is 7.19. The summed E-state index contributed by atoms with van der Waals surface area (Å²) in [6, 6.07) is 3.50. The van der Waals surface area contributed by atoms with Crippen molar-refractivity contribution in [3.05, 3.63) is 35.4 Å². The van der Waals surface area contributed by atoms with Crippen LogP contribution in [0.25, 0.3) is 0 Å². The van der Waals surface area contributed by atoms with Gasteiger partial charge in [-0.05, 0) is 25.3 Å². The van der Waals surface area contributed by atoms with Gasteiger partial charge in [0.15, 0.2) is 11.6 Å². The first-order chi connectivity index (χ1) is 8.97. The molecule has 0 aliphatic rings. The van der Waals surface area contributed by atoms with Gasteiger partial charge in [0.1, 0.15) is 0 Å². The lowest BCUT2D eigenvalue weighted by atomic mass is 9.92. The zero-order valence-electron chi connectivity index (χ0n) is 10.8. The number of halogens is 2. The smallest absolute Gasteiger partial charge is 0.311 e. The molecular formula is C14H18F2O3. The van der Waals surface area contributed by atoms with Crippen molar-refractivity contribution in [1.82, 2.24) is 0 Å². The van der Waals surface area contributed by atoms with Crippen LogP contribution in [0.4, 0.5) is 8.78 Å². The first kappa shape index (κ1) is 15.6. The van der Waals surface area contributed by atoms with E-state index in [0.29, 0.717) is 6.42 Å². The lowest BCUT2D eigenvalue weighted by Crippen LogP contribution is -2.17. The molecule has 0 radical (unpaired) electrons. The van der Waals surface area contributed by atoms with Crippen molar-refractivity contribution in [3.63, 3.8) is 0 Å². The van der Waals surface area contributed by atoms with E-state index in [1.807, 2.05) is 6.92 Å². The van der Waals surface area contributed by atoms with Crippen molar-refractivity contribution in [1.29, 1.82) is 0 Å². The number of aliphatic hydroxyl groups excluding tert-OH is 1. The van der Waals surface area contributed by atoms with E-state index in [9.17, 15) is 18.7 Å². The lowest BCUT2D eigenvalue weighted by Gasteiger charge is -2.16. The normalized spacial score (nSPS) is 14.1. The highest BCUT2D eigenvalue weighted by molar-refractivity contribution is 5.76. The molecule has 1 rings (SSSR count). The van der Waals surface area contributed by atoms with Gasteiger partial charge in [-0.2, -0.15) is 0 Å². The van der Waals surface area contributed by atoms with E-state index in [2.05, 4.69) is 0 Å². The maximum atomic E-state index is 13.6. The molecule has 0 aliphatic carbocycles. The van der Waals surface area contributed by atoms with Crippen molar-refractivity contribution in [2.24, 2.45) is 0 Å². The van der Waals surface area contributed by atoms with Crippen LogP contribution < -0.4 is 0 Å². The minimum atomic E-state index is -1.21. The molecule has 1 aromatic rings. The molecule has 0 amide bonds. The van der Waals surface area contributed by atoms with E-state index in [1.54, 1.807) is 0 Å². The molecule has 2 unspecified atom stereocenters. The number of hydrogen-bond acceptors (Lipinski definition) is 2. The van der Waals surface area contributed by atoms with Gasteiger partial charge in [-0.15, -0.1) is 0 Å². The van der Waals surface area contributed by atoms with Crippen molar-refractivity contribution in [3.8, 4) is 0 Å². The maximum absolute atomic E-state index is 13.6. The molecule has 19 heavy (non-hydrogen) atoms. The summed E-state index contributed by atoms with van der Waals surface area (Å²) in [4.78, 5) is 11.2. The van der Waals surface area contributed by atoms with Gasteiger partial charge in [0.25, 0.3) is 0 Å². The molecule has 0 saturated carbocycles. The summed E-state index contributed by atoms with van der Waals surface area (Å²) in [5.74, 6) is -4.53. The molecule has 0 aliphatic heterocycles. The van der Waals surface area contributed by atoms with Crippen molar-refractivity contribution in [2.75, 3.05) is 0 Å². The first-order valence-corrected chi connectivity index (χ1v) is 6.32. The second-order valence-electron chi connectivity index (χ2n) is 4.55. The van der Waals surface area contributed by atoms with Gasteiger partial charge in [0, 0.05) is 5.56 Å². The summed E-state index contributed by atoms with van der Waals surface area (Å²) in [7, 11) is 0. The number of carboxylic acids is 1. The van der Waals surface area contributed by atoms with E-state index in [0.717, 1.165) is 12.5 Å². The molecule has 0 bridgehead atoms. The van der Waals surface area contributed by atoms with Crippen LogP contribution in [0.15, 0.2) is 18.2 Å². The number of benzene rings is 1. The zero-order chi connectivity index (χ0) is 14.4. The van der Waals surface area contributed by atoms with Gasteiger partial charge in [-0.1, -0.05) is 25.5 Å². The summed E-state index contributed by atoms with van der Waals surface area (Å²) < 4.78 is 26.7. The monoisotopic (exact) mass is 272 g/mol. The van der Waals surface area contributed by atoms with E-state index < -0.39 is 29.6 Å². The van der Waals surface area contributed by atoms with Crippen molar-refractivity contribution in [2.45, 2.75) is 44.6 Å². The Morgan fingerprint density at radius 1 is 1.26 bits per heavy atom. The van der Waals surface area contributed by atoms with Gasteiger partial charge in [0.2, 0.25) is 0 Å². The van der Waals surface area contributed by atoms with Crippen molar-refractivity contribution >= 4 is 5.97 Å². The van der Waals surface area contributed by atoms with E-state index >= 15 is 0 Å². The number of carbonyl (C=O) groups is 1. The Kier molecular flexibility index (Phi) is 5.89. The molecule has 0 saturated heterocycles. The first-order valence-electron chi connectivity index (χ1n) is 6.32. The predicted octanol–water partition coefficient (Wildman–Crippen LogP) is 3.07. The highest BCUT2D eigenvalue weighted by Crippen LogP contribution is 2.26. The van der Waals surface area contributed by atoms with Crippen LogP contribution in [0, 0.1) is 11.6 Å². The average Bonchev–Trinajstić information content (AvgIpc) is 2.34. The quantitative estimate of drug-likeness (QED) is 0.802. The lowest BCUT2D eigenvalue weighted by molar-refractivity contribution is -0.139. The van der Waals surface area contributed by atoms with Gasteiger partial charge in [-0.3, -0.25) is 4.79 Å². The fourth-order valence-corrected chi connectivity index (χ4v) is 2.04. The van der Waals surface area contributed by atoms with Crippen LogP contribution in [0.5, 0.6) is 0 Å². The number of rotatable bonds is 7. The minimum absolute atomic E-state index is 0.0802. The molecule has 0 heterocycles. The topological polar surface area (TPSA) is 57.5 Å². The summed E-state index contributed by atoms with van der Waals surface area (Å²) in [5, 5.41) is 18.7. The van der Waals surface area contributed by atoms with E-state index in [1.165, 1.54) is 12.1 Å². The predicted molar refractivity (Wildman–Crippen MR) is 66.9 cm³/mol. The van der Waals surface area contributed by atoms with E-state index in [-0.39, 0.29) is 18.4 Å². The van der Waals surface area contributed by atoms with Crippen LogP contribution in [-0.4, -0.2) is 22.3 Å². The van der Waals surface area contributed by atoms with Gasteiger partial charge in [-0.25, -0.2) is 8.78 Å². The Morgan fingerprint density at radius 2 is 1.95 bits per heavy atom. The maximum Gasteiger partial charge on any atom is 0.311 e. The van der Waals surface area contributed by atoms with Crippen LogP contribution in [-0.2, 0) is 4.79 Å². The van der Waals surface area contributed by atoms with Crippen LogP contribution in [0.1, 0.15) is 44.1 Å². The molecule has 1 aromatic carbocycles. The fourth-order valence-electron chi connectivity index (χ4n) is 2.04. The highest BCUT2D eigenvalue weighted by atomic mass is 19.2. The Morgan fingerprint density at radius 3 is 2.53 bits per heavy atom. The SMILES string of the molecule is CCCC(O)CCC(C(=O)O)c1cccc(F)c1F. The van der Waals surface area contributed by atoms with Gasteiger partial charge >= 0.3 is 5.97 Å². The average molecular weight is 272 g/mol. The third kappa shape index (κ3) is 4.28. The minimum Gasteiger partial charge on any atom is -0.481 e. The Labute approximate surface area is 110 Å². The Bertz CT molecular complexity index is 435. The number of carboxylic acid groups (broad SMARTS) is 1. The third-order valence-electron chi connectivity index (χ3n) is 3.07. The number of aliphatic hydroxyl groups is 1. The Hall–Kier alpha value is -1.49. The van der Waals surface area contributed by atoms with Crippen molar-refractivity contribution < 1.29 is 23.8 Å². The molecule has 0 aromatic heterocycles. The number of hydrogen-bond donors (Lipinski definition) is 2. The molecule has 2 N–H and O–H groups in total. The summed E-state index contributed by atoms with van der Waals surface area (Å²) in [6.45, 7) is 1.91. The number of aliphatic carboxylic acids is 1. The summed E-state index contributed by atoms with van der Waals surface area (Å²) in [6.07, 6.45) is 1.08. The van der Waals surface area contributed by atoms with Gasteiger partial charge < -0.3 is 10.2 Å². The van der Waals surface area contributed by atoms with Crippen LogP contribution in [0.3, 0.4) is 0 Å². The van der Waals surface area contributed by atoms with Crippen LogP contribution in [0.2, 0.25) is 0 Å². The highest BCUT2D eigenvalue weighted by Gasteiger charge is 2.25. The molecule has 3 nitrogen and oxygen atoms in total. The zero-order valence-corrected chi connectivity index (χ0v) is 10.8. The summed E-state index contributed by atoms with van der Waals surface area (Å²) in [5.41, 5.74) is -0.170. The van der Waals surface area contributed by atoms with Gasteiger partial charge in [0.05, 0.1) is 12.0 Å². The molecule has 106 valence electrons. The molecule has 0 spiro atoms. The fraction of sp³-hybridized carbons (Fsp3) is 0.500. The van der Waals surface area contributed by atoms with E-state index in [4.69, 9.17) is 5.11 Å². The molecular weight excluding hydrogens is 254 g/mol. The van der Waals surface area contributed by atoms with Crippen LogP contribution >= 0.6 is 0 Å². The largest absolute Gasteiger partial charge is 0.481 e. The summed E-state index contributed by atoms with van der Waals surface area (Å²) >= 11 is 0. The Balaban J connectivity index is 2.83. The molecule has 2 atom stereocenters. The third-order valence-corrected chi connectivity index (χ3v) is 3.07. The molecule has 5 heteroatoms.